The van der Waals surface area contributed by atoms with Crippen LogP contribution in [0.2, 0.25) is 0 Å². The van der Waals surface area contributed by atoms with Crippen molar-refractivity contribution < 1.29 is 0 Å². The monoisotopic (exact) mass is 204 g/mol. The molecular formula is C9H12N6. The average Bonchev–Trinajstić information content (AvgIpc) is 2.68. The number of rotatable bonds is 4. The van der Waals surface area contributed by atoms with Gasteiger partial charge >= 0.3 is 0 Å². The van der Waals surface area contributed by atoms with E-state index < -0.39 is 0 Å². The van der Waals surface area contributed by atoms with Crippen LogP contribution in [0.5, 0.6) is 0 Å². The Morgan fingerprint density at radius 3 is 3.00 bits per heavy atom. The fourth-order valence-corrected chi connectivity index (χ4v) is 1.31. The molecule has 0 bridgehead atoms. The number of hydrogen-bond acceptors (Lipinski definition) is 5. The van der Waals surface area contributed by atoms with Crippen molar-refractivity contribution >= 4 is 0 Å². The second-order valence-corrected chi connectivity index (χ2v) is 3.10. The zero-order valence-electron chi connectivity index (χ0n) is 8.24. The standard InChI is InChI=1S/C9H12N6/c10-4-6-15-9(12-13-14-15)7-8-3-1-2-5-11-8/h1-3,5H,4,6-7,10H2. The predicted octanol–water partition coefficient (Wildman–Crippen LogP) is -0.382. The molecule has 2 aromatic rings. The lowest BCUT2D eigenvalue weighted by atomic mass is 10.2. The first-order chi connectivity index (χ1) is 7.40. The summed E-state index contributed by atoms with van der Waals surface area (Å²) < 4.78 is 1.70. The zero-order chi connectivity index (χ0) is 10.5. The highest BCUT2D eigenvalue weighted by Gasteiger charge is 2.06. The Hall–Kier alpha value is -1.82. The van der Waals surface area contributed by atoms with E-state index in [9.17, 15) is 0 Å². The molecule has 0 unspecified atom stereocenters. The van der Waals surface area contributed by atoms with E-state index in [2.05, 4.69) is 20.5 Å². The number of nitrogens with two attached hydrogens (primary N) is 1. The van der Waals surface area contributed by atoms with Gasteiger partial charge in [0.05, 0.1) is 13.0 Å². The van der Waals surface area contributed by atoms with Crippen LogP contribution in [0.15, 0.2) is 24.4 Å². The van der Waals surface area contributed by atoms with E-state index in [1.807, 2.05) is 18.2 Å². The third-order valence-corrected chi connectivity index (χ3v) is 2.01. The van der Waals surface area contributed by atoms with Gasteiger partial charge in [-0.25, -0.2) is 4.68 Å². The van der Waals surface area contributed by atoms with Crippen LogP contribution >= 0.6 is 0 Å². The highest BCUT2D eigenvalue weighted by molar-refractivity contribution is 5.08. The van der Waals surface area contributed by atoms with Gasteiger partial charge in [-0.3, -0.25) is 4.98 Å². The Bertz CT molecular complexity index is 410. The lowest BCUT2D eigenvalue weighted by molar-refractivity contribution is 0.577. The number of hydrogen-bond donors (Lipinski definition) is 1. The van der Waals surface area contributed by atoms with Gasteiger partial charge in [-0.15, -0.1) is 5.10 Å². The SMILES string of the molecule is NCCn1nnnc1Cc1ccccn1. The van der Waals surface area contributed by atoms with Crippen molar-refractivity contribution in [2.45, 2.75) is 13.0 Å². The van der Waals surface area contributed by atoms with E-state index in [0.29, 0.717) is 19.5 Å². The van der Waals surface area contributed by atoms with Gasteiger partial charge in [0.1, 0.15) is 0 Å². The summed E-state index contributed by atoms with van der Waals surface area (Å²) in [7, 11) is 0. The summed E-state index contributed by atoms with van der Waals surface area (Å²) in [5, 5.41) is 11.4. The van der Waals surface area contributed by atoms with Crippen LogP contribution in [0.1, 0.15) is 11.5 Å². The highest BCUT2D eigenvalue weighted by Crippen LogP contribution is 2.02. The lowest BCUT2D eigenvalue weighted by Crippen LogP contribution is -2.14. The molecule has 15 heavy (non-hydrogen) atoms. The maximum atomic E-state index is 5.45. The van der Waals surface area contributed by atoms with Gasteiger partial charge in [0.15, 0.2) is 5.82 Å². The summed E-state index contributed by atoms with van der Waals surface area (Å²) in [6.45, 7) is 1.16. The molecule has 0 spiro atoms. The zero-order valence-corrected chi connectivity index (χ0v) is 8.24. The largest absolute Gasteiger partial charge is 0.329 e. The second kappa shape index (κ2) is 4.61. The highest BCUT2D eigenvalue weighted by atomic mass is 15.5. The number of tetrazole rings is 1. The maximum Gasteiger partial charge on any atom is 0.157 e. The van der Waals surface area contributed by atoms with Gasteiger partial charge in [0.25, 0.3) is 0 Å². The molecule has 0 saturated heterocycles. The Labute approximate surface area is 87.1 Å². The molecule has 0 aliphatic carbocycles. The van der Waals surface area contributed by atoms with Crippen LogP contribution in [-0.4, -0.2) is 31.7 Å². The Morgan fingerprint density at radius 2 is 2.27 bits per heavy atom. The summed E-state index contributed by atoms with van der Waals surface area (Å²) >= 11 is 0. The molecule has 2 heterocycles. The van der Waals surface area contributed by atoms with Gasteiger partial charge in [0.2, 0.25) is 0 Å². The normalized spacial score (nSPS) is 10.5. The quantitative estimate of drug-likeness (QED) is 0.734. The molecule has 2 N–H and O–H groups in total. The maximum absolute atomic E-state index is 5.45. The fraction of sp³-hybridized carbons (Fsp3) is 0.333. The Morgan fingerprint density at radius 1 is 1.33 bits per heavy atom. The molecule has 2 aromatic heterocycles. The minimum absolute atomic E-state index is 0.528. The van der Waals surface area contributed by atoms with Gasteiger partial charge in [0, 0.05) is 18.4 Å². The molecule has 2 rings (SSSR count). The third kappa shape index (κ3) is 2.35. The predicted molar refractivity (Wildman–Crippen MR) is 53.9 cm³/mol. The first-order valence-electron chi connectivity index (χ1n) is 4.75. The minimum Gasteiger partial charge on any atom is -0.329 e. The van der Waals surface area contributed by atoms with Crippen LogP contribution in [0.25, 0.3) is 0 Å². The fourth-order valence-electron chi connectivity index (χ4n) is 1.31. The van der Waals surface area contributed by atoms with E-state index in [4.69, 9.17) is 5.73 Å². The second-order valence-electron chi connectivity index (χ2n) is 3.10. The van der Waals surface area contributed by atoms with E-state index >= 15 is 0 Å². The Balaban J connectivity index is 2.14. The van der Waals surface area contributed by atoms with E-state index in [1.165, 1.54) is 0 Å². The number of pyridine rings is 1. The van der Waals surface area contributed by atoms with Crippen LogP contribution < -0.4 is 5.73 Å². The molecule has 6 nitrogen and oxygen atoms in total. The van der Waals surface area contributed by atoms with Crippen molar-refractivity contribution in [3.05, 3.63) is 35.9 Å². The van der Waals surface area contributed by atoms with Crippen molar-refractivity contribution in [2.24, 2.45) is 5.73 Å². The van der Waals surface area contributed by atoms with Crippen molar-refractivity contribution in [3.63, 3.8) is 0 Å². The molecule has 0 amide bonds. The van der Waals surface area contributed by atoms with E-state index in [1.54, 1.807) is 10.9 Å². The first kappa shape index (κ1) is 9.72. The molecule has 0 aliphatic rings. The van der Waals surface area contributed by atoms with Crippen molar-refractivity contribution in [2.75, 3.05) is 6.54 Å². The van der Waals surface area contributed by atoms with Crippen molar-refractivity contribution in [1.82, 2.24) is 25.2 Å². The van der Waals surface area contributed by atoms with E-state index in [-0.39, 0.29) is 0 Å². The molecule has 6 heteroatoms. The number of nitrogens with zero attached hydrogens (tertiary/aromatic N) is 5. The van der Waals surface area contributed by atoms with Crippen molar-refractivity contribution in [1.29, 1.82) is 0 Å². The van der Waals surface area contributed by atoms with Crippen LogP contribution in [-0.2, 0) is 13.0 Å². The van der Waals surface area contributed by atoms with Crippen molar-refractivity contribution in [3.8, 4) is 0 Å². The average molecular weight is 204 g/mol. The Kier molecular flexibility index (Phi) is 2.99. The third-order valence-electron chi connectivity index (χ3n) is 2.01. The van der Waals surface area contributed by atoms with Crippen LogP contribution in [0.4, 0.5) is 0 Å². The summed E-state index contributed by atoms with van der Waals surface area (Å²) in [6.07, 6.45) is 2.39. The summed E-state index contributed by atoms with van der Waals surface area (Å²) in [4.78, 5) is 4.21. The van der Waals surface area contributed by atoms with Gasteiger partial charge in [-0.2, -0.15) is 0 Å². The molecule has 78 valence electrons. The van der Waals surface area contributed by atoms with E-state index in [0.717, 1.165) is 11.5 Å². The lowest BCUT2D eigenvalue weighted by Gasteiger charge is -2.01. The van der Waals surface area contributed by atoms with Gasteiger partial charge in [-0.05, 0) is 22.6 Å². The van der Waals surface area contributed by atoms with Crippen LogP contribution in [0.3, 0.4) is 0 Å². The smallest absolute Gasteiger partial charge is 0.157 e. The van der Waals surface area contributed by atoms with Crippen LogP contribution in [0, 0.1) is 0 Å². The molecule has 0 radical (unpaired) electrons. The minimum atomic E-state index is 0.528. The van der Waals surface area contributed by atoms with Gasteiger partial charge in [-0.1, -0.05) is 6.07 Å². The molecule has 0 aliphatic heterocycles. The first-order valence-corrected chi connectivity index (χ1v) is 4.75. The summed E-state index contributed by atoms with van der Waals surface area (Å²) in [6, 6.07) is 5.77. The molecule has 0 atom stereocenters. The summed E-state index contributed by atoms with van der Waals surface area (Å²) in [5.74, 6) is 0.791. The molecule has 0 saturated carbocycles. The molecule has 0 aromatic carbocycles. The van der Waals surface area contributed by atoms with Gasteiger partial charge < -0.3 is 5.73 Å². The number of aromatic nitrogens is 5. The topological polar surface area (TPSA) is 82.5 Å². The molecular weight excluding hydrogens is 192 g/mol. The summed E-state index contributed by atoms with van der Waals surface area (Å²) in [5.41, 5.74) is 6.40. The molecule has 0 fully saturated rings.